The molecule has 1 aliphatic heterocycles. The zero-order chi connectivity index (χ0) is 23.5. The van der Waals surface area contributed by atoms with Crippen LogP contribution in [0.15, 0.2) is 33.4 Å². The summed E-state index contributed by atoms with van der Waals surface area (Å²) in [7, 11) is 0. The first kappa shape index (κ1) is 21.2. The van der Waals surface area contributed by atoms with Gasteiger partial charge in [-0.3, -0.25) is 4.79 Å². The fourth-order valence-corrected chi connectivity index (χ4v) is 3.87. The summed E-state index contributed by atoms with van der Waals surface area (Å²) in [6.07, 6.45) is -1.11. The number of halogens is 3. The first-order chi connectivity index (χ1) is 15.6. The molecule has 33 heavy (non-hydrogen) atoms. The highest BCUT2D eigenvalue weighted by molar-refractivity contribution is 5.93. The minimum Gasteiger partial charge on any atom is -0.438 e. The molecule has 0 radical (unpaired) electrons. The van der Waals surface area contributed by atoms with Gasteiger partial charge in [-0.15, -0.1) is 0 Å². The number of oxazole rings is 2. The number of nitrogens with one attached hydrogen (secondary N) is 1. The molecule has 172 valence electrons. The molecule has 0 saturated carbocycles. The number of amides is 1. The van der Waals surface area contributed by atoms with Crippen molar-refractivity contribution >= 4 is 17.0 Å². The van der Waals surface area contributed by atoms with Gasteiger partial charge >= 0.3 is 0 Å². The minimum absolute atomic E-state index is 0.0347. The van der Waals surface area contributed by atoms with Crippen LogP contribution in [0, 0.1) is 5.82 Å². The fourth-order valence-electron chi connectivity index (χ4n) is 3.87. The molecule has 11 heteroatoms. The number of hydrogen-bond acceptors (Lipinski definition) is 6. The maximum absolute atomic E-state index is 13.8. The number of benzene rings is 1. The molecule has 5 rings (SSSR count). The van der Waals surface area contributed by atoms with Gasteiger partial charge in [-0.2, -0.15) is 0 Å². The van der Waals surface area contributed by atoms with Gasteiger partial charge in [0.05, 0.1) is 12.0 Å². The molecule has 0 aliphatic carbocycles. The van der Waals surface area contributed by atoms with E-state index in [1.54, 1.807) is 20.8 Å². The van der Waals surface area contributed by atoms with Gasteiger partial charge < -0.3 is 18.7 Å². The number of alkyl halides is 2. The summed E-state index contributed by atoms with van der Waals surface area (Å²) < 4.78 is 52.6. The normalized spacial score (nSPS) is 16.6. The summed E-state index contributed by atoms with van der Waals surface area (Å²) >= 11 is 0. The average Bonchev–Trinajstić information content (AvgIpc) is 3.48. The van der Waals surface area contributed by atoms with Crippen molar-refractivity contribution in [3.05, 3.63) is 65.0 Å². The molecule has 8 nitrogen and oxygen atoms in total. The standard InChI is InChI=1S/C22H20F3N5O3/c1-22(2,3)21-29-15(18(24)25)17(33-21)20(31)30-7-6-11-14(27-9-26-11)16(30)19-28-12-8-10(23)4-5-13(12)32-19/h4-5,8-9,16,18H,6-7H2,1-3H3,(H,26,27)/t16-/m0/s1. The van der Waals surface area contributed by atoms with Gasteiger partial charge in [0.2, 0.25) is 17.5 Å². The maximum atomic E-state index is 13.8. The van der Waals surface area contributed by atoms with Crippen LogP contribution in [0.5, 0.6) is 0 Å². The second-order valence-corrected chi connectivity index (χ2v) is 8.87. The van der Waals surface area contributed by atoms with Crippen LogP contribution in [-0.2, 0) is 11.8 Å². The summed E-state index contributed by atoms with van der Waals surface area (Å²) in [5.74, 6) is -1.67. The molecule has 0 saturated heterocycles. The number of hydrogen-bond donors (Lipinski definition) is 1. The Hall–Kier alpha value is -3.63. The van der Waals surface area contributed by atoms with E-state index in [-0.39, 0.29) is 23.8 Å². The average molecular weight is 459 g/mol. The Bertz CT molecular complexity index is 1350. The topological polar surface area (TPSA) is 101 Å². The van der Waals surface area contributed by atoms with Gasteiger partial charge in [0.1, 0.15) is 11.3 Å². The highest BCUT2D eigenvalue weighted by Crippen LogP contribution is 2.37. The molecule has 3 aromatic heterocycles. The summed E-state index contributed by atoms with van der Waals surface area (Å²) in [5, 5.41) is 0. The number of imidazole rings is 1. The molecule has 1 atom stereocenters. The zero-order valence-corrected chi connectivity index (χ0v) is 18.0. The predicted molar refractivity (Wildman–Crippen MR) is 109 cm³/mol. The third kappa shape index (κ3) is 3.57. The predicted octanol–water partition coefficient (Wildman–Crippen LogP) is 4.70. The number of aromatic nitrogens is 4. The second-order valence-electron chi connectivity index (χ2n) is 8.87. The first-order valence-corrected chi connectivity index (χ1v) is 10.3. The van der Waals surface area contributed by atoms with Gasteiger partial charge in [0.25, 0.3) is 12.3 Å². The van der Waals surface area contributed by atoms with Crippen LogP contribution in [0.1, 0.15) is 72.7 Å². The van der Waals surface area contributed by atoms with E-state index < -0.39 is 41.1 Å². The van der Waals surface area contributed by atoms with E-state index in [9.17, 15) is 18.0 Å². The molecular formula is C22H20F3N5O3. The quantitative estimate of drug-likeness (QED) is 0.477. The lowest BCUT2D eigenvalue weighted by Crippen LogP contribution is -2.41. The van der Waals surface area contributed by atoms with Crippen molar-refractivity contribution in [3.63, 3.8) is 0 Å². The largest absolute Gasteiger partial charge is 0.438 e. The smallest absolute Gasteiger partial charge is 0.292 e. The van der Waals surface area contributed by atoms with Crippen molar-refractivity contribution in [2.24, 2.45) is 0 Å². The Morgan fingerprint density at radius 1 is 1.24 bits per heavy atom. The molecule has 0 bridgehead atoms. The lowest BCUT2D eigenvalue weighted by atomic mass is 9.97. The van der Waals surface area contributed by atoms with Crippen LogP contribution in [0.2, 0.25) is 0 Å². The number of rotatable bonds is 3. The van der Waals surface area contributed by atoms with Gasteiger partial charge in [0, 0.05) is 30.1 Å². The number of aromatic amines is 1. The number of H-pyrrole nitrogens is 1. The Morgan fingerprint density at radius 2 is 2.03 bits per heavy atom. The van der Waals surface area contributed by atoms with Crippen molar-refractivity contribution in [1.82, 2.24) is 24.8 Å². The molecule has 4 aromatic rings. The summed E-state index contributed by atoms with van der Waals surface area (Å²) in [6.45, 7) is 5.42. The van der Waals surface area contributed by atoms with E-state index in [4.69, 9.17) is 8.83 Å². The van der Waals surface area contributed by atoms with E-state index in [1.165, 1.54) is 29.4 Å². The molecule has 1 amide bonds. The number of nitrogens with zero attached hydrogens (tertiary/aromatic N) is 4. The van der Waals surface area contributed by atoms with Crippen LogP contribution in [0.3, 0.4) is 0 Å². The van der Waals surface area contributed by atoms with Crippen molar-refractivity contribution in [1.29, 1.82) is 0 Å². The molecule has 0 fully saturated rings. The molecule has 1 N–H and O–H groups in total. The van der Waals surface area contributed by atoms with Crippen LogP contribution >= 0.6 is 0 Å². The Morgan fingerprint density at radius 3 is 2.76 bits per heavy atom. The Kier molecular flexibility index (Phi) is 4.80. The van der Waals surface area contributed by atoms with Crippen LogP contribution in [-0.4, -0.2) is 37.3 Å². The number of carbonyl (C=O) groups excluding carboxylic acids is 1. The van der Waals surface area contributed by atoms with Crippen molar-refractivity contribution < 1.29 is 26.8 Å². The third-order valence-corrected chi connectivity index (χ3v) is 5.48. The second kappa shape index (κ2) is 7.46. The van der Waals surface area contributed by atoms with Crippen molar-refractivity contribution in [2.75, 3.05) is 6.54 Å². The SMILES string of the molecule is CC(C)(C)c1nc(C(F)F)c(C(=O)N2CCc3[nH]cnc3[C@H]2c2nc3cc(F)ccc3o2)o1. The molecule has 1 aliphatic rings. The molecule has 0 spiro atoms. The summed E-state index contributed by atoms with van der Waals surface area (Å²) in [5.41, 5.74) is 0.433. The van der Waals surface area contributed by atoms with E-state index >= 15 is 0 Å². The van der Waals surface area contributed by atoms with E-state index in [2.05, 4.69) is 19.9 Å². The fraction of sp³-hybridized carbons (Fsp3) is 0.364. The van der Waals surface area contributed by atoms with Crippen LogP contribution in [0.25, 0.3) is 11.1 Å². The van der Waals surface area contributed by atoms with Crippen LogP contribution < -0.4 is 0 Å². The lowest BCUT2D eigenvalue weighted by Gasteiger charge is -2.32. The molecule has 0 unspecified atom stereocenters. The van der Waals surface area contributed by atoms with Gasteiger partial charge in [-0.1, -0.05) is 20.8 Å². The molecular weight excluding hydrogens is 439 g/mol. The van der Waals surface area contributed by atoms with Crippen molar-refractivity contribution in [2.45, 2.75) is 45.1 Å². The molecule has 4 heterocycles. The Labute approximate surface area is 185 Å². The number of fused-ring (bicyclic) bond motifs is 2. The summed E-state index contributed by atoms with van der Waals surface area (Å²) in [6, 6.07) is 2.96. The zero-order valence-electron chi connectivity index (χ0n) is 18.0. The molecule has 1 aromatic carbocycles. The third-order valence-electron chi connectivity index (χ3n) is 5.48. The minimum atomic E-state index is -3.00. The van der Waals surface area contributed by atoms with Gasteiger partial charge in [0.15, 0.2) is 17.3 Å². The highest BCUT2D eigenvalue weighted by Gasteiger charge is 2.41. The van der Waals surface area contributed by atoms with Crippen molar-refractivity contribution in [3.8, 4) is 0 Å². The first-order valence-electron chi connectivity index (χ1n) is 10.3. The summed E-state index contributed by atoms with van der Waals surface area (Å²) in [4.78, 5) is 30.5. The van der Waals surface area contributed by atoms with E-state index in [0.717, 1.165) is 5.69 Å². The highest BCUT2D eigenvalue weighted by atomic mass is 19.3. The van der Waals surface area contributed by atoms with E-state index in [1.807, 2.05) is 0 Å². The number of carbonyl (C=O) groups is 1. The van der Waals surface area contributed by atoms with Gasteiger partial charge in [-0.25, -0.2) is 28.1 Å². The van der Waals surface area contributed by atoms with Gasteiger partial charge in [-0.05, 0) is 12.1 Å². The van der Waals surface area contributed by atoms with E-state index in [0.29, 0.717) is 17.7 Å². The Balaban J connectivity index is 1.62. The monoisotopic (exact) mass is 459 g/mol. The lowest BCUT2D eigenvalue weighted by molar-refractivity contribution is 0.0617. The van der Waals surface area contributed by atoms with Crippen LogP contribution in [0.4, 0.5) is 13.2 Å². The maximum Gasteiger partial charge on any atom is 0.292 e.